The highest BCUT2D eigenvalue weighted by Crippen LogP contribution is 2.43. The van der Waals surface area contributed by atoms with Crippen LogP contribution in [0.4, 0.5) is 0 Å². The quantitative estimate of drug-likeness (QED) is 0.922. The molecule has 21 heavy (non-hydrogen) atoms. The van der Waals surface area contributed by atoms with E-state index in [-0.39, 0.29) is 0 Å². The summed E-state index contributed by atoms with van der Waals surface area (Å²) >= 11 is 1.94. The number of thioether (sulfide) groups is 1. The average Bonchev–Trinajstić information content (AvgIpc) is 2.54. The Morgan fingerprint density at radius 3 is 2.76 bits per heavy atom. The SMILES string of the molecule is CCC1(C(=O)O)CCN(C2CCSc3ccccc32)CC1. The van der Waals surface area contributed by atoms with Crippen LogP contribution in [0.5, 0.6) is 0 Å². The summed E-state index contributed by atoms with van der Waals surface area (Å²) < 4.78 is 0. The van der Waals surface area contributed by atoms with Crippen molar-refractivity contribution in [1.29, 1.82) is 0 Å². The summed E-state index contributed by atoms with van der Waals surface area (Å²) in [6, 6.07) is 9.16. The van der Waals surface area contributed by atoms with E-state index in [1.807, 2.05) is 18.7 Å². The number of rotatable bonds is 3. The molecular weight excluding hydrogens is 282 g/mol. The van der Waals surface area contributed by atoms with E-state index >= 15 is 0 Å². The minimum absolute atomic E-state index is 0.478. The minimum Gasteiger partial charge on any atom is -0.481 e. The van der Waals surface area contributed by atoms with Crippen molar-refractivity contribution < 1.29 is 9.90 Å². The lowest BCUT2D eigenvalue weighted by atomic mass is 9.75. The van der Waals surface area contributed by atoms with Crippen molar-refractivity contribution >= 4 is 17.7 Å². The maximum Gasteiger partial charge on any atom is 0.309 e. The fraction of sp³-hybridized carbons (Fsp3) is 0.588. The van der Waals surface area contributed by atoms with E-state index in [1.165, 1.54) is 16.9 Å². The number of likely N-dealkylation sites (tertiary alicyclic amines) is 1. The molecule has 2 aliphatic rings. The van der Waals surface area contributed by atoms with Crippen LogP contribution in [-0.2, 0) is 4.79 Å². The number of carbonyl (C=O) groups is 1. The molecule has 1 saturated heterocycles. The number of nitrogens with zero attached hydrogens (tertiary/aromatic N) is 1. The number of carboxylic acid groups (broad SMARTS) is 1. The third-order valence-electron chi connectivity index (χ3n) is 5.25. The largest absolute Gasteiger partial charge is 0.481 e. The maximum atomic E-state index is 11.6. The van der Waals surface area contributed by atoms with Gasteiger partial charge in [-0.25, -0.2) is 0 Å². The number of piperidine rings is 1. The Balaban J connectivity index is 1.75. The van der Waals surface area contributed by atoms with E-state index in [0.717, 1.165) is 38.1 Å². The van der Waals surface area contributed by atoms with Crippen LogP contribution in [0.1, 0.15) is 44.2 Å². The molecule has 2 aliphatic heterocycles. The number of hydrogen-bond donors (Lipinski definition) is 1. The summed E-state index contributed by atoms with van der Waals surface area (Å²) in [5, 5.41) is 9.52. The second-order valence-electron chi connectivity index (χ2n) is 6.17. The van der Waals surface area contributed by atoms with Gasteiger partial charge in [0.05, 0.1) is 5.41 Å². The van der Waals surface area contributed by atoms with Gasteiger partial charge in [0.2, 0.25) is 0 Å². The Hall–Kier alpha value is -1.00. The molecule has 0 aromatic heterocycles. The van der Waals surface area contributed by atoms with Crippen LogP contribution in [0.15, 0.2) is 29.2 Å². The van der Waals surface area contributed by atoms with Gasteiger partial charge >= 0.3 is 5.97 Å². The standard InChI is InChI=1S/C17H23NO2S/c1-2-17(16(19)20)8-10-18(11-9-17)14-7-12-21-15-6-4-3-5-13(14)15/h3-6,14H,2,7-12H2,1H3,(H,19,20). The molecule has 0 saturated carbocycles. The Morgan fingerprint density at radius 1 is 1.38 bits per heavy atom. The van der Waals surface area contributed by atoms with E-state index in [9.17, 15) is 9.90 Å². The zero-order valence-electron chi connectivity index (χ0n) is 12.5. The van der Waals surface area contributed by atoms with Gasteiger partial charge in [-0.15, -0.1) is 11.8 Å². The van der Waals surface area contributed by atoms with Crippen molar-refractivity contribution in [3.05, 3.63) is 29.8 Å². The number of carboxylic acids is 1. The maximum absolute atomic E-state index is 11.6. The summed E-state index contributed by atoms with van der Waals surface area (Å²) in [6.07, 6.45) is 3.48. The summed E-state index contributed by atoms with van der Waals surface area (Å²) in [5.41, 5.74) is 0.951. The van der Waals surface area contributed by atoms with Crippen LogP contribution in [0.3, 0.4) is 0 Å². The monoisotopic (exact) mass is 305 g/mol. The van der Waals surface area contributed by atoms with Gasteiger partial charge in [-0.2, -0.15) is 0 Å². The van der Waals surface area contributed by atoms with Crippen molar-refractivity contribution in [3.63, 3.8) is 0 Å². The Labute approximate surface area is 130 Å². The zero-order valence-corrected chi connectivity index (χ0v) is 13.4. The highest BCUT2D eigenvalue weighted by atomic mass is 32.2. The van der Waals surface area contributed by atoms with Crippen LogP contribution in [0, 0.1) is 5.41 Å². The molecule has 0 aliphatic carbocycles. The molecule has 4 heteroatoms. The summed E-state index contributed by atoms with van der Waals surface area (Å²) in [4.78, 5) is 15.5. The summed E-state index contributed by atoms with van der Waals surface area (Å²) in [5.74, 6) is 0.556. The molecule has 114 valence electrons. The molecule has 1 aromatic rings. The second-order valence-corrected chi connectivity index (χ2v) is 7.30. The van der Waals surface area contributed by atoms with Gasteiger partial charge in [0.1, 0.15) is 0 Å². The predicted octanol–water partition coefficient (Wildman–Crippen LogP) is 3.80. The average molecular weight is 305 g/mol. The van der Waals surface area contributed by atoms with Crippen LogP contribution < -0.4 is 0 Å². The molecule has 2 heterocycles. The van der Waals surface area contributed by atoms with Crippen molar-refractivity contribution in [1.82, 2.24) is 4.90 Å². The fourth-order valence-electron chi connectivity index (χ4n) is 3.68. The number of aliphatic carboxylic acids is 1. The molecule has 0 bridgehead atoms. The normalized spacial score (nSPS) is 25.3. The van der Waals surface area contributed by atoms with E-state index in [0.29, 0.717) is 6.04 Å². The Bertz CT molecular complexity index is 523. The topological polar surface area (TPSA) is 40.5 Å². The van der Waals surface area contributed by atoms with Gasteiger partial charge in [-0.1, -0.05) is 25.1 Å². The second kappa shape index (κ2) is 6.01. The Kier molecular flexibility index (Phi) is 4.27. The van der Waals surface area contributed by atoms with E-state index in [2.05, 4.69) is 29.2 Å². The van der Waals surface area contributed by atoms with Gasteiger partial charge in [0, 0.05) is 10.9 Å². The number of benzene rings is 1. The van der Waals surface area contributed by atoms with Gasteiger partial charge in [-0.05, 0) is 56.2 Å². The van der Waals surface area contributed by atoms with Crippen molar-refractivity contribution in [2.45, 2.75) is 43.5 Å². The highest BCUT2D eigenvalue weighted by Gasteiger charge is 2.41. The molecule has 3 nitrogen and oxygen atoms in total. The summed E-state index contributed by atoms with van der Waals surface area (Å²) in [7, 11) is 0. The predicted molar refractivity (Wildman–Crippen MR) is 85.7 cm³/mol. The smallest absolute Gasteiger partial charge is 0.309 e. The first kappa shape index (κ1) is 14.9. The molecule has 1 fully saturated rings. The lowest BCUT2D eigenvalue weighted by Gasteiger charge is -2.43. The fourth-order valence-corrected chi connectivity index (χ4v) is 4.79. The molecule has 1 atom stereocenters. The van der Waals surface area contributed by atoms with E-state index in [4.69, 9.17) is 0 Å². The first-order valence-electron chi connectivity index (χ1n) is 7.85. The van der Waals surface area contributed by atoms with Crippen LogP contribution in [-0.4, -0.2) is 34.8 Å². The lowest BCUT2D eigenvalue weighted by Crippen LogP contribution is -2.45. The van der Waals surface area contributed by atoms with Gasteiger partial charge < -0.3 is 5.11 Å². The molecule has 0 amide bonds. The summed E-state index contributed by atoms with van der Waals surface area (Å²) in [6.45, 7) is 3.82. The van der Waals surface area contributed by atoms with Crippen molar-refractivity contribution in [2.75, 3.05) is 18.8 Å². The van der Waals surface area contributed by atoms with Crippen LogP contribution in [0.25, 0.3) is 0 Å². The third kappa shape index (κ3) is 2.71. The highest BCUT2D eigenvalue weighted by molar-refractivity contribution is 7.99. The first-order chi connectivity index (χ1) is 10.2. The number of hydrogen-bond acceptors (Lipinski definition) is 3. The van der Waals surface area contributed by atoms with Gasteiger partial charge in [0.25, 0.3) is 0 Å². The molecule has 3 rings (SSSR count). The first-order valence-corrected chi connectivity index (χ1v) is 8.84. The van der Waals surface area contributed by atoms with Crippen LogP contribution >= 0.6 is 11.8 Å². The third-order valence-corrected chi connectivity index (χ3v) is 6.38. The van der Waals surface area contributed by atoms with Crippen molar-refractivity contribution in [3.8, 4) is 0 Å². The van der Waals surface area contributed by atoms with Crippen molar-refractivity contribution in [2.24, 2.45) is 5.41 Å². The molecule has 1 aromatic carbocycles. The van der Waals surface area contributed by atoms with Gasteiger partial charge in [0.15, 0.2) is 0 Å². The molecule has 0 radical (unpaired) electrons. The van der Waals surface area contributed by atoms with Crippen LogP contribution in [0.2, 0.25) is 0 Å². The van der Waals surface area contributed by atoms with Gasteiger partial charge in [-0.3, -0.25) is 9.69 Å². The lowest BCUT2D eigenvalue weighted by molar-refractivity contribution is -0.152. The molecule has 0 spiro atoms. The van der Waals surface area contributed by atoms with E-state index in [1.54, 1.807) is 0 Å². The van der Waals surface area contributed by atoms with E-state index < -0.39 is 11.4 Å². The molecule has 1 unspecified atom stereocenters. The molecule has 1 N–H and O–H groups in total. The number of fused-ring (bicyclic) bond motifs is 1. The minimum atomic E-state index is -0.607. The zero-order chi connectivity index (χ0) is 14.9. The Morgan fingerprint density at radius 2 is 2.10 bits per heavy atom. The molecular formula is C17H23NO2S.